The van der Waals surface area contributed by atoms with Gasteiger partial charge in [-0.25, -0.2) is 4.99 Å². The van der Waals surface area contributed by atoms with Crippen LogP contribution in [0, 0.1) is 0 Å². The monoisotopic (exact) mass is 312 g/mol. The van der Waals surface area contributed by atoms with Gasteiger partial charge in [0.05, 0.1) is 16.4 Å². The first-order chi connectivity index (χ1) is 11.8. The largest absolute Gasteiger partial charge is 0.344 e. The second-order valence-corrected chi connectivity index (χ2v) is 5.72. The van der Waals surface area contributed by atoms with Gasteiger partial charge in [-0.2, -0.15) is 0 Å². The van der Waals surface area contributed by atoms with Crippen molar-refractivity contribution < 1.29 is 4.79 Å². The minimum Gasteiger partial charge on any atom is -0.344 e. The molecule has 0 bridgehead atoms. The Morgan fingerprint density at radius 3 is 1.83 bits per heavy atom. The van der Waals surface area contributed by atoms with Crippen LogP contribution in [0.5, 0.6) is 0 Å². The van der Waals surface area contributed by atoms with Gasteiger partial charge in [0.1, 0.15) is 0 Å². The third-order valence-electron chi connectivity index (χ3n) is 4.28. The molecule has 1 amide bonds. The number of rotatable bonds is 1. The molecular weight excluding hydrogens is 296 g/mol. The molecule has 3 heteroatoms. The quantitative estimate of drug-likeness (QED) is 0.488. The van der Waals surface area contributed by atoms with Gasteiger partial charge in [-0.3, -0.25) is 4.79 Å². The Bertz CT molecular complexity index is 1060. The van der Waals surface area contributed by atoms with E-state index in [0.717, 1.165) is 27.2 Å². The fourth-order valence-corrected chi connectivity index (χ4v) is 3.07. The van der Waals surface area contributed by atoms with Crippen molar-refractivity contribution in [1.29, 1.82) is 0 Å². The number of hydrogen-bond acceptors (Lipinski definition) is 1. The van der Waals surface area contributed by atoms with Crippen molar-refractivity contribution in [2.24, 2.45) is 12.0 Å². The number of carbonyl (C=O) groups is 1. The van der Waals surface area contributed by atoms with Gasteiger partial charge in [-0.1, -0.05) is 54.6 Å². The number of aromatic nitrogens is 1. The molecule has 0 saturated heterocycles. The molecular formula is C21H16N2O. The first-order valence-electron chi connectivity index (χ1n) is 7.86. The summed E-state index contributed by atoms with van der Waals surface area (Å²) in [6.07, 6.45) is 0. The summed E-state index contributed by atoms with van der Waals surface area (Å²) in [4.78, 5) is 17.1. The molecule has 0 N–H and O–H groups in total. The maximum Gasteiger partial charge on any atom is 0.277 e. The van der Waals surface area contributed by atoms with E-state index in [9.17, 15) is 4.79 Å². The summed E-state index contributed by atoms with van der Waals surface area (Å²) in [7, 11) is 2.04. The number of fused-ring (bicyclic) bond motifs is 2. The fourth-order valence-electron chi connectivity index (χ4n) is 3.07. The van der Waals surface area contributed by atoms with Crippen molar-refractivity contribution in [3.05, 3.63) is 89.8 Å². The van der Waals surface area contributed by atoms with E-state index >= 15 is 0 Å². The summed E-state index contributed by atoms with van der Waals surface area (Å²) in [6.45, 7) is 0. The maximum atomic E-state index is 12.6. The first kappa shape index (κ1) is 14.4. The Hall–Kier alpha value is -3.20. The van der Waals surface area contributed by atoms with Crippen molar-refractivity contribution in [1.82, 2.24) is 4.57 Å². The van der Waals surface area contributed by atoms with Gasteiger partial charge >= 0.3 is 0 Å². The smallest absolute Gasteiger partial charge is 0.277 e. The zero-order valence-electron chi connectivity index (χ0n) is 13.3. The molecule has 1 heterocycles. The van der Waals surface area contributed by atoms with Crippen LogP contribution in [0.2, 0.25) is 0 Å². The van der Waals surface area contributed by atoms with E-state index in [1.54, 1.807) is 12.1 Å². The highest BCUT2D eigenvalue weighted by molar-refractivity contribution is 5.98. The molecule has 0 fully saturated rings. The summed E-state index contributed by atoms with van der Waals surface area (Å²) in [5.41, 5.74) is 2.70. The average molecular weight is 312 g/mol. The minimum absolute atomic E-state index is 0.222. The van der Waals surface area contributed by atoms with Gasteiger partial charge in [0, 0.05) is 23.4 Å². The lowest BCUT2D eigenvalue weighted by Crippen LogP contribution is -2.13. The fraction of sp³-hybridized carbons (Fsp3) is 0.0476. The van der Waals surface area contributed by atoms with Crippen molar-refractivity contribution in [2.75, 3.05) is 0 Å². The van der Waals surface area contributed by atoms with Crippen molar-refractivity contribution >= 4 is 27.7 Å². The van der Waals surface area contributed by atoms with Crippen molar-refractivity contribution in [3.8, 4) is 0 Å². The molecule has 3 nitrogen and oxygen atoms in total. The van der Waals surface area contributed by atoms with Gasteiger partial charge in [0.25, 0.3) is 5.91 Å². The Labute approximate surface area is 139 Å². The Morgan fingerprint density at radius 1 is 0.750 bits per heavy atom. The lowest BCUT2D eigenvalue weighted by molar-refractivity contribution is 0.0999. The number of carbonyl (C=O) groups excluding carboxylic acids is 1. The molecule has 0 spiro atoms. The zero-order chi connectivity index (χ0) is 16.5. The van der Waals surface area contributed by atoms with Crippen LogP contribution < -0.4 is 5.36 Å². The SMILES string of the molecule is Cn1c2ccccc2c(=NC(=O)c2ccccc2)c2ccccc21. The Morgan fingerprint density at radius 2 is 1.25 bits per heavy atom. The van der Waals surface area contributed by atoms with Crippen molar-refractivity contribution in [3.63, 3.8) is 0 Å². The lowest BCUT2D eigenvalue weighted by atomic mass is 10.1. The van der Waals surface area contributed by atoms with E-state index in [0.29, 0.717) is 5.56 Å². The molecule has 0 saturated carbocycles. The maximum absolute atomic E-state index is 12.6. The van der Waals surface area contributed by atoms with Crippen molar-refractivity contribution in [2.45, 2.75) is 0 Å². The molecule has 24 heavy (non-hydrogen) atoms. The number of amides is 1. The van der Waals surface area contributed by atoms with Crippen LogP contribution in [0.3, 0.4) is 0 Å². The predicted octanol–water partition coefficient (Wildman–Crippen LogP) is 4.07. The first-order valence-corrected chi connectivity index (χ1v) is 7.86. The van der Waals surface area contributed by atoms with E-state index in [-0.39, 0.29) is 5.91 Å². The molecule has 3 aromatic carbocycles. The molecule has 0 radical (unpaired) electrons. The second kappa shape index (κ2) is 5.78. The topological polar surface area (TPSA) is 34.4 Å². The van der Waals surface area contributed by atoms with E-state index in [1.165, 1.54) is 0 Å². The molecule has 0 atom stereocenters. The molecule has 4 rings (SSSR count). The molecule has 1 aromatic heterocycles. The van der Waals surface area contributed by atoms with Crippen LogP contribution >= 0.6 is 0 Å². The normalized spacial score (nSPS) is 10.9. The third kappa shape index (κ3) is 2.31. The van der Waals surface area contributed by atoms with Gasteiger partial charge in [0.15, 0.2) is 0 Å². The molecule has 0 unspecified atom stereocenters. The Kier molecular flexibility index (Phi) is 3.47. The minimum atomic E-state index is -0.222. The van der Waals surface area contributed by atoms with Crippen LogP contribution in [0.1, 0.15) is 10.4 Å². The summed E-state index contributed by atoms with van der Waals surface area (Å²) in [5, 5.41) is 2.68. The number of para-hydroxylation sites is 2. The average Bonchev–Trinajstić information content (AvgIpc) is 2.65. The highest BCUT2D eigenvalue weighted by atomic mass is 16.1. The van der Waals surface area contributed by atoms with E-state index in [2.05, 4.69) is 9.56 Å². The number of benzene rings is 3. The summed E-state index contributed by atoms with van der Waals surface area (Å²) >= 11 is 0. The molecule has 116 valence electrons. The zero-order valence-corrected chi connectivity index (χ0v) is 13.3. The van der Waals surface area contributed by atoms with Crippen LogP contribution in [-0.4, -0.2) is 10.5 Å². The molecule has 0 aliphatic rings. The van der Waals surface area contributed by atoms with Crippen LogP contribution in [0.15, 0.2) is 83.9 Å². The van der Waals surface area contributed by atoms with E-state index in [1.807, 2.05) is 73.8 Å². The van der Waals surface area contributed by atoms with Gasteiger partial charge in [-0.15, -0.1) is 0 Å². The van der Waals surface area contributed by atoms with E-state index in [4.69, 9.17) is 0 Å². The predicted molar refractivity (Wildman–Crippen MR) is 96.8 cm³/mol. The van der Waals surface area contributed by atoms with Crippen LogP contribution in [0.25, 0.3) is 21.8 Å². The Balaban J connectivity index is 2.11. The van der Waals surface area contributed by atoms with Gasteiger partial charge in [0.2, 0.25) is 0 Å². The molecule has 0 aliphatic carbocycles. The highest BCUT2D eigenvalue weighted by Gasteiger charge is 2.09. The number of hydrogen-bond donors (Lipinski definition) is 0. The molecule has 0 aliphatic heterocycles. The second-order valence-electron chi connectivity index (χ2n) is 5.72. The number of pyridine rings is 1. The molecule has 4 aromatic rings. The summed E-state index contributed by atoms with van der Waals surface area (Å²) in [6, 6.07) is 25.3. The summed E-state index contributed by atoms with van der Waals surface area (Å²) in [5.74, 6) is -0.222. The number of nitrogens with zero attached hydrogens (tertiary/aromatic N) is 2. The number of aryl methyl sites for hydroxylation is 1. The highest BCUT2D eigenvalue weighted by Crippen LogP contribution is 2.17. The lowest BCUT2D eigenvalue weighted by Gasteiger charge is -2.11. The third-order valence-corrected chi connectivity index (χ3v) is 4.28. The van der Waals surface area contributed by atoms with E-state index < -0.39 is 0 Å². The van der Waals surface area contributed by atoms with Crippen LogP contribution in [0.4, 0.5) is 0 Å². The standard InChI is InChI=1S/C21H16N2O/c1-23-18-13-7-5-11-16(18)20(17-12-6-8-14-19(17)23)22-21(24)15-9-3-2-4-10-15/h2-14H,1H3. The summed E-state index contributed by atoms with van der Waals surface area (Å²) < 4.78 is 2.14. The van der Waals surface area contributed by atoms with Gasteiger partial charge in [-0.05, 0) is 24.3 Å². The van der Waals surface area contributed by atoms with Crippen LogP contribution in [-0.2, 0) is 7.05 Å². The van der Waals surface area contributed by atoms with Gasteiger partial charge < -0.3 is 4.57 Å².